The molecule has 0 aliphatic carbocycles. The molecule has 54 valence electrons. The summed E-state index contributed by atoms with van der Waals surface area (Å²) in [5.74, 6) is -1.77. The number of methoxy groups -OCH3 is 1. The van der Waals surface area contributed by atoms with Crippen LogP contribution in [0.4, 0.5) is 0 Å². The van der Waals surface area contributed by atoms with Crippen molar-refractivity contribution in [3.63, 3.8) is 0 Å². The van der Waals surface area contributed by atoms with Crippen LogP contribution in [0.25, 0.3) is 0 Å². The van der Waals surface area contributed by atoms with Crippen molar-refractivity contribution >= 4 is 5.91 Å². The Morgan fingerprint density at radius 2 is 2.30 bits per heavy atom. The molecule has 0 fully saturated rings. The van der Waals surface area contributed by atoms with E-state index >= 15 is 0 Å². The zero-order chi connectivity index (χ0) is 8.15. The molecule has 0 saturated heterocycles. The van der Waals surface area contributed by atoms with E-state index in [0.717, 1.165) is 7.11 Å². The number of nitrogens with zero attached hydrogens (tertiary/aromatic N) is 1. The number of nitrogens with two attached hydrogens (primary N) is 1. The minimum Gasteiger partial charge on any atom is -0.480 e. The first-order valence-corrected chi connectivity index (χ1v) is 2.30. The molecule has 0 rings (SSSR count). The van der Waals surface area contributed by atoms with E-state index in [-0.39, 0.29) is 0 Å². The molecule has 0 radical (unpaired) electrons. The van der Waals surface area contributed by atoms with Crippen LogP contribution in [0.5, 0.6) is 0 Å². The average molecular weight is 142 g/mol. The molecule has 10 heavy (non-hydrogen) atoms. The lowest BCUT2D eigenvalue weighted by molar-refractivity contribution is -0.114. The third-order valence-electron chi connectivity index (χ3n) is 0.765. The van der Waals surface area contributed by atoms with Crippen LogP contribution in [-0.4, -0.2) is 18.1 Å². The second-order valence-corrected chi connectivity index (χ2v) is 1.36. The lowest BCUT2D eigenvalue weighted by atomic mass is 10.3. The molecule has 0 aromatic rings. The van der Waals surface area contributed by atoms with Crippen molar-refractivity contribution in [1.29, 1.82) is 5.26 Å². The van der Waals surface area contributed by atoms with Gasteiger partial charge in [0.05, 0.1) is 7.11 Å². The molecule has 0 aromatic heterocycles. The Labute approximate surface area is 57.3 Å². The molecule has 0 unspecified atom stereocenters. The van der Waals surface area contributed by atoms with Crippen LogP contribution in [0, 0.1) is 11.3 Å². The minimum atomic E-state index is -1.01. The van der Waals surface area contributed by atoms with E-state index in [0.29, 0.717) is 0 Å². The number of hydrogen-bond acceptors (Lipinski definition) is 4. The molecule has 0 aliphatic heterocycles. The van der Waals surface area contributed by atoms with Gasteiger partial charge in [0, 0.05) is 0 Å². The van der Waals surface area contributed by atoms with Crippen molar-refractivity contribution in [2.45, 2.75) is 0 Å². The third kappa shape index (κ3) is 1.67. The van der Waals surface area contributed by atoms with Crippen LogP contribution in [0.15, 0.2) is 11.5 Å². The summed E-state index contributed by atoms with van der Waals surface area (Å²) in [6.45, 7) is 0. The molecule has 0 atom stereocenters. The monoisotopic (exact) mass is 142 g/mol. The molecular formula is C5H6N2O3. The van der Waals surface area contributed by atoms with E-state index in [1.54, 1.807) is 0 Å². The first-order valence-electron chi connectivity index (χ1n) is 2.30. The zero-order valence-corrected chi connectivity index (χ0v) is 5.29. The van der Waals surface area contributed by atoms with E-state index < -0.39 is 17.4 Å². The molecule has 0 aromatic carbocycles. The van der Waals surface area contributed by atoms with Gasteiger partial charge < -0.3 is 15.6 Å². The van der Waals surface area contributed by atoms with Crippen LogP contribution < -0.4 is 5.73 Å². The molecule has 0 aliphatic rings. The number of ether oxygens (including phenoxy) is 1. The van der Waals surface area contributed by atoms with E-state index in [2.05, 4.69) is 10.5 Å². The maximum atomic E-state index is 10.2. The van der Waals surface area contributed by atoms with Crippen molar-refractivity contribution in [2.75, 3.05) is 7.11 Å². The Bertz CT molecular complexity index is 213. The van der Waals surface area contributed by atoms with Crippen molar-refractivity contribution in [3.8, 4) is 6.07 Å². The number of primary amides is 1. The van der Waals surface area contributed by atoms with E-state index in [4.69, 9.17) is 10.4 Å². The summed E-state index contributed by atoms with van der Waals surface area (Å²) in [5, 5.41) is 16.8. The lowest BCUT2D eigenvalue weighted by Gasteiger charge is -1.96. The topological polar surface area (TPSA) is 96.3 Å². The fraction of sp³-hybridized carbons (Fsp3) is 0.200. The molecule has 3 N–H and O–H groups in total. The Morgan fingerprint density at radius 1 is 1.80 bits per heavy atom. The maximum Gasteiger partial charge on any atom is 0.300 e. The molecule has 5 nitrogen and oxygen atoms in total. The van der Waals surface area contributed by atoms with Crippen LogP contribution in [0.2, 0.25) is 0 Å². The summed E-state index contributed by atoms with van der Waals surface area (Å²) >= 11 is 0. The van der Waals surface area contributed by atoms with Gasteiger partial charge >= 0.3 is 5.95 Å². The molecule has 1 amide bonds. The van der Waals surface area contributed by atoms with Crippen molar-refractivity contribution in [3.05, 3.63) is 11.5 Å². The van der Waals surface area contributed by atoms with Gasteiger partial charge in [-0.15, -0.1) is 0 Å². The Morgan fingerprint density at radius 3 is 2.40 bits per heavy atom. The van der Waals surface area contributed by atoms with Gasteiger partial charge in [0.15, 0.2) is 5.57 Å². The van der Waals surface area contributed by atoms with Gasteiger partial charge in [0.2, 0.25) is 0 Å². The van der Waals surface area contributed by atoms with Gasteiger partial charge in [0.1, 0.15) is 6.07 Å². The predicted molar refractivity (Wildman–Crippen MR) is 31.5 cm³/mol. The highest BCUT2D eigenvalue weighted by Crippen LogP contribution is 1.98. The molecule has 5 heteroatoms. The van der Waals surface area contributed by atoms with Crippen LogP contribution >= 0.6 is 0 Å². The number of nitriles is 1. The predicted octanol–water partition coefficient (Wildman–Crippen LogP) is -0.589. The standard InChI is InChI=1S/C5H6N2O3/c1-10-5(9)3(2-6)4(7)8/h9H,1H3,(H2,7,8)/b5-3-. The smallest absolute Gasteiger partial charge is 0.300 e. The number of carbonyl (C=O) groups is 1. The minimum absolute atomic E-state index is 0.581. The summed E-state index contributed by atoms with van der Waals surface area (Å²) in [6, 6.07) is 1.38. The van der Waals surface area contributed by atoms with Gasteiger partial charge in [-0.25, -0.2) is 0 Å². The van der Waals surface area contributed by atoms with Crippen molar-refractivity contribution in [2.24, 2.45) is 5.73 Å². The quantitative estimate of drug-likeness (QED) is 0.306. The third-order valence-corrected chi connectivity index (χ3v) is 0.765. The molecule has 0 saturated carbocycles. The Hall–Kier alpha value is -1.70. The summed E-state index contributed by atoms with van der Waals surface area (Å²) in [6.07, 6.45) is 0. The van der Waals surface area contributed by atoms with Crippen LogP contribution in [-0.2, 0) is 9.53 Å². The number of carbonyl (C=O) groups excluding carboxylic acids is 1. The zero-order valence-electron chi connectivity index (χ0n) is 5.29. The first kappa shape index (κ1) is 8.30. The molecule has 0 bridgehead atoms. The highest BCUT2D eigenvalue weighted by atomic mass is 16.6. The van der Waals surface area contributed by atoms with Gasteiger partial charge in [-0.2, -0.15) is 5.26 Å². The lowest BCUT2D eigenvalue weighted by Crippen LogP contribution is -2.15. The molecular weight excluding hydrogens is 136 g/mol. The second kappa shape index (κ2) is 3.35. The summed E-state index contributed by atoms with van der Waals surface area (Å²) in [5.41, 5.74) is 4.08. The van der Waals surface area contributed by atoms with Gasteiger partial charge in [-0.1, -0.05) is 0 Å². The van der Waals surface area contributed by atoms with Gasteiger partial charge in [-0.05, 0) is 0 Å². The number of aliphatic hydroxyl groups excluding tert-OH is 1. The molecule has 0 heterocycles. The maximum absolute atomic E-state index is 10.2. The summed E-state index contributed by atoms with van der Waals surface area (Å²) in [4.78, 5) is 10.2. The van der Waals surface area contributed by atoms with Crippen molar-refractivity contribution in [1.82, 2.24) is 0 Å². The number of hydrogen-bond donors (Lipinski definition) is 2. The SMILES string of the molecule is CO/C(O)=C(/C#N)C(N)=O. The molecule has 0 spiro atoms. The highest BCUT2D eigenvalue weighted by Gasteiger charge is 2.10. The summed E-state index contributed by atoms with van der Waals surface area (Å²) < 4.78 is 4.18. The van der Waals surface area contributed by atoms with Gasteiger partial charge in [-0.3, -0.25) is 4.79 Å². The fourth-order valence-corrected chi connectivity index (χ4v) is 0.310. The average Bonchev–Trinajstić information content (AvgIpc) is 1.88. The Kier molecular flexibility index (Phi) is 2.78. The number of aliphatic hydroxyl groups is 1. The Balaban J connectivity index is 4.68. The normalized spacial score (nSPS) is 11.2. The highest BCUT2D eigenvalue weighted by molar-refractivity contribution is 5.96. The number of amides is 1. The van der Waals surface area contributed by atoms with E-state index in [9.17, 15) is 4.79 Å². The van der Waals surface area contributed by atoms with Crippen molar-refractivity contribution < 1.29 is 14.6 Å². The second-order valence-electron chi connectivity index (χ2n) is 1.36. The van der Waals surface area contributed by atoms with Gasteiger partial charge in [0.25, 0.3) is 5.91 Å². The number of rotatable bonds is 2. The van der Waals surface area contributed by atoms with E-state index in [1.807, 2.05) is 0 Å². The fourth-order valence-electron chi connectivity index (χ4n) is 0.310. The van der Waals surface area contributed by atoms with E-state index in [1.165, 1.54) is 6.07 Å². The largest absolute Gasteiger partial charge is 0.480 e. The first-order chi connectivity index (χ1) is 4.63. The van der Waals surface area contributed by atoms with Crippen LogP contribution in [0.3, 0.4) is 0 Å². The van der Waals surface area contributed by atoms with Crippen LogP contribution in [0.1, 0.15) is 0 Å². The summed E-state index contributed by atoms with van der Waals surface area (Å²) in [7, 11) is 1.12.